The summed E-state index contributed by atoms with van der Waals surface area (Å²) in [6.45, 7) is 3.44. The molecule has 0 aliphatic heterocycles. The highest BCUT2D eigenvalue weighted by atomic mass is 32.1. The van der Waals surface area contributed by atoms with E-state index >= 15 is 0 Å². The van der Waals surface area contributed by atoms with Gasteiger partial charge in [0.25, 0.3) is 0 Å². The van der Waals surface area contributed by atoms with Crippen molar-refractivity contribution in [1.82, 2.24) is 15.6 Å². The van der Waals surface area contributed by atoms with E-state index in [1.165, 1.54) is 6.07 Å². The van der Waals surface area contributed by atoms with Crippen LogP contribution in [-0.2, 0) is 18.0 Å². The first-order chi connectivity index (χ1) is 13.3. The van der Waals surface area contributed by atoms with Gasteiger partial charge in [-0.15, -0.1) is 11.3 Å². The number of rotatable bonds is 7. The third kappa shape index (κ3) is 5.01. The van der Waals surface area contributed by atoms with Crippen LogP contribution in [0, 0.1) is 5.82 Å². The summed E-state index contributed by atoms with van der Waals surface area (Å²) in [5.41, 5.74) is -0.421. The first-order valence-electron chi connectivity index (χ1n) is 9.13. The van der Waals surface area contributed by atoms with E-state index in [0.29, 0.717) is 42.6 Å². The topological polar surface area (TPSA) is 49.3 Å². The van der Waals surface area contributed by atoms with E-state index < -0.39 is 11.9 Å². The molecule has 1 aliphatic carbocycles. The molecule has 1 saturated carbocycles. The number of alkyl halides is 3. The highest BCUT2D eigenvalue weighted by molar-refractivity contribution is 7.09. The lowest BCUT2D eigenvalue weighted by atomic mass is 9.95. The number of guanidine groups is 1. The van der Waals surface area contributed by atoms with E-state index in [2.05, 4.69) is 20.6 Å². The van der Waals surface area contributed by atoms with Gasteiger partial charge in [-0.25, -0.2) is 9.37 Å². The Bertz CT molecular complexity index is 827. The summed E-state index contributed by atoms with van der Waals surface area (Å²) < 4.78 is 51.9. The summed E-state index contributed by atoms with van der Waals surface area (Å²) in [7, 11) is 0. The highest BCUT2D eigenvalue weighted by Crippen LogP contribution is 2.49. The molecule has 4 nitrogen and oxygen atoms in total. The number of halogens is 4. The molecular formula is C19H22F4N4S. The van der Waals surface area contributed by atoms with Crippen LogP contribution in [0.4, 0.5) is 17.6 Å². The zero-order valence-corrected chi connectivity index (χ0v) is 16.3. The molecule has 152 valence electrons. The molecule has 3 rings (SSSR count). The predicted molar refractivity (Wildman–Crippen MR) is 102 cm³/mol. The molecule has 0 bridgehead atoms. The Hall–Kier alpha value is -2.16. The van der Waals surface area contributed by atoms with Crippen molar-refractivity contribution in [2.45, 2.75) is 37.8 Å². The molecule has 0 saturated heterocycles. The molecule has 0 spiro atoms. The Morgan fingerprint density at radius 1 is 1.25 bits per heavy atom. The second kappa shape index (κ2) is 8.46. The van der Waals surface area contributed by atoms with Crippen LogP contribution < -0.4 is 10.6 Å². The second-order valence-electron chi connectivity index (χ2n) is 6.76. The van der Waals surface area contributed by atoms with Gasteiger partial charge in [0.2, 0.25) is 0 Å². The first-order valence-corrected chi connectivity index (χ1v) is 10.0. The third-order valence-electron chi connectivity index (χ3n) is 4.66. The van der Waals surface area contributed by atoms with Crippen molar-refractivity contribution in [2.75, 3.05) is 19.6 Å². The average Bonchev–Trinajstić information content (AvgIpc) is 3.27. The number of hydrogen-bond donors (Lipinski definition) is 2. The number of aromatic nitrogens is 1. The molecule has 1 aliphatic rings. The Balaban J connectivity index is 1.58. The zero-order chi connectivity index (χ0) is 20.2. The Labute approximate surface area is 165 Å². The van der Waals surface area contributed by atoms with E-state index in [4.69, 9.17) is 0 Å². The Morgan fingerprint density at radius 3 is 2.61 bits per heavy atom. The lowest BCUT2D eigenvalue weighted by molar-refractivity contribution is -0.140. The number of nitrogens with one attached hydrogen (secondary N) is 2. The Kier molecular flexibility index (Phi) is 6.22. The predicted octanol–water partition coefficient (Wildman–Crippen LogP) is 4.13. The minimum absolute atomic E-state index is 0.211. The van der Waals surface area contributed by atoms with E-state index in [-0.39, 0.29) is 11.2 Å². The van der Waals surface area contributed by atoms with Gasteiger partial charge in [0.15, 0.2) is 11.7 Å². The maximum atomic E-state index is 14.1. The minimum Gasteiger partial charge on any atom is -0.357 e. The molecule has 1 heterocycles. The van der Waals surface area contributed by atoms with Gasteiger partial charge in [0.1, 0.15) is 5.82 Å². The van der Waals surface area contributed by atoms with Crippen molar-refractivity contribution in [3.05, 3.63) is 51.7 Å². The quantitative estimate of drug-likeness (QED) is 0.407. The summed E-state index contributed by atoms with van der Waals surface area (Å²) >= 11 is 0.995. The molecule has 2 N–H and O–H groups in total. The fourth-order valence-corrected chi connectivity index (χ4v) is 3.78. The minimum atomic E-state index is -4.41. The monoisotopic (exact) mass is 414 g/mol. The van der Waals surface area contributed by atoms with Gasteiger partial charge in [-0.1, -0.05) is 18.2 Å². The van der Waals surface area contributed by atoms with Gasteiger partial charge in [-0.2, -0.15) is 13.2 Å². The molecule has 0 amide bonds. The van der Waals surface area contributed by atoms with Crippen LogP contribution in [0.3, 0.4) is 0 Å². The fraction of sp³-hybridized carbons (Fsp3) is 0.474. The van der Waals surface area contributed by atoms with E-state index in [0.717, 1.165) is 29.6 Å². The summed E-state index contributed by atoms with van der Waals surface area (Å²) in [4.78, 5) is 8.19. The summed E-state index contributed by atoms with van der Waals surface area (Å²) in [5.74, 6) is 0.357. The molecule has 28 heavy (non-hydrogen) atoms. The number of nitrogens with zero attached hydrogens (tertiary/aromatic N) is 2. The normalized spacial score (nSPS) is 16.1. The molecule has 1 aromatic carbocycles. The van der Waals surface area contributed by atoms with Crippen LogP contribution in [-0.4, -0.2) is 30.6 Å². The molecule has 0 unspecified atom stereocenters. The van der Waals surface area contributed by atoms with Crippen LogP contribution in [0.15, 0.2) is 34.6 Å². The molecule has 2 aromatic rings. The molecule has 0 atom stereocenters. The van der Waals surface area contributed by atoms with Crippen LogP contribution >= 0.6 is 11.3 Å². The van der Waals surface area contributed by atoms with Crippen LogP contribution in [0.2, 0.25) is 0 Å². The largest absolute Gasteiger partial charge is 0.434 e. The highest BCUT2D eigenvalue weighted by Gasteiger charge is 2.45. The SMILES string of the molecule is CCNC(=NCC1(c2ccccc2F)CC1)NCCc1nc(C(F)(F)F)cs1. The van der Waals surface area contributed by atoms with Crippen LogP contribution in [0.25, 0.3) is 0 Å². The molecule has 9 heteroatoms. The standard InChI is InChI=1S/C19H22F4N4S/c1-2-24-17(25-10-7-16-27-15(11-28-16)19(21,22)23)26-12-18(8-9-18)13-5-3-4-6-14(13)20/h3-6,11H,2,7-10,12H2,1H3,(H2,24,25,26). The van der Waals surface area contributed by atoms with Crippen molar-refractivity contribution in [3.8, 4) is 0 Å². The fourth-order valence-electron chi connectivity index (χ4n) is 2.97. The van der Waals surface area contributed by atoms with E-state index in [9.17, 15) is 17.6 Å². The molecule has 0 radical (unpaired) electrons. The second-order valence-corrected chi connectivity index (χ2v) is 7.70. The summed E-state index contributed by atoms with van der Waals surface area (Å²) in [5, 5.41) is 7.67. The van der Waals surface area contributed by atoms with Crippen molar-refractivity contribution >= 4 is 17.3 Å². The first kappa shape index (κ1) is 20.6. The van der Waals surface area contributed by atoms with Gasteiger partial charge in [0.05, 0.1) is 11.6 Å². The number of aliphatic imine (C=N–C) groups is 1. The average molecular weight is 414 g/mol. The maximum Gasteiger partial charge on any atom is 0.434 e. The molecular weight excluding hydrogens is 392 g/mol. The summed E-state index contributed by atoms with van der Waals surface area (Å²) in [6.07, 6.45) is -2.28. The van der Waals surface area contributed by atoms with Crippen LogP contribution in [0.5, 0.6) is 0 Å². The third-order valence-corrected chi connectivity index (χ3v) is 5.56. The Morgan fingerprint density at radius 2 is 2.00 bits per heavy atom. The van der Waals surface area contributed by atoms with Gasteiger partial charge in [-0.3, -0.25) is 4.99 Å². The molecule has 1 fully saturated rings. The number of thiazole rings is 1. The van der Waals surface area contributed by atoms with E-state index in [1.54, 1.807) is 12.1 Å². The lowest BCUT2D eigenvalue weighted by Crippen LogP contribution is -2.39. The number of benzene rings is 1. The van der Waals surface area contributed by atoms with Crippen LogP contribution in [0.1, 0.15) is 36.0 Å². The van der Waals surface area contributed by atoms with E-state index in [1.807, 2.05) is 13.0 Å². The van der Waals surface area contributed by atoms with Crippen molar-refractivity contribution in [3.63, 3.8) is 0 Å². The zero-order valence-electron chi connectivity index (χ0n) is 15.4. The van der Waals surface area contributed by atoms with Gasteiger partial charge >= 0.3 is 6.18 Å². The van der Waals surface area contributed by atoms with Crippen molar-refractivity contribution in [2.24, 2.45) is 4.99 Å². The van der Waals surface area contributed by atoms with Crippen molar-refractivity contribution < 1.29 is 17.6 Å². The van der Waals surface area contributed by atoms with Gasteiger partial charge in [-0.05, 0) is 31.4 Å². The van der Waals surface area contributed by atoms with Gasteiger partial charge in [0, 0.05) is 30.3 Å². The maximum absolute atomic E-state index is 14.1. The molecule has 1 aromatic heterocycles. The van der Waals surface area contributed by atoms with Crippen molar-refractivity contribution in [1.29, 1.82) is 0 Å². The van der Waals surface area contributed by atoms with Gasteiger partial charge < -0.3 is 10.6 Å². The summed E-state index contributed by atoms with van der Waals surface area (Å²) in [6, 6.07) is 6.77. The lowest BCUT2D eigenvalue weighted by Gasteiger charge is -2.16. The number of hydrogen-bond acceptors (Lipinski definition) is 3. The smallest absolute Gasteiger partial charge is 0.357 e.